The van der Waals surface area contributed by atoms with Gasteiger partial charge in [0.25, 0.3) is 0 Å². The lowest BCUT2D eigenvalue weighted by Crippen LogP contribution is -2.41. The Bertz CT molecular complexity index is 769. The highest BCUT2D eigenvalue weighted by atomic mass is 16.3. The molecule has 0 bridgehead atoms. The number of hydrogen-bond donors (Lipinski definition) is 2. The SMILES string of the molecule is O=C(Nc1cccc(C#Cc2ccccc2)c1)N1CCC(CO)CC1. The Morgan fingerprint density at radius 3 is 2.44 bits per heavy atom. The molecule has 0 radical (unpaired) electrons. The third-order valence-electron chi connectivity index (χ3n) is 4.40. The highest BCUT2D eigenvalue weighted by Gasteiger charge is 2.22. The number of piperidine rings is 1. The molecule has 1 saturated heterocycles. The minimum absolute atomic E-state index is 0.0930. The van der Waals surface area contributed by atoms with Gasteiger partial charge in [0.15, 0.2) is 0 Å². The van der Waals surface area contributed by atoms with Crippen molar-refractivity contribution in [1.29, 1.82) is 0 Å². The second-order valence-corrected chi connectivity index (χ2v) is 6.24. The number of nitrogens with one attached hydrogen (secondary N) is 1. The molecule has 0 aromatic heterocycles. The summed E-state index contributed by atoms with van der Waals surface area (Å²) < 4.78 is 0. The smallest absolute Gasteiger partial charge is 0.321 e. The van der Waals surface area contributed by atoms with Crippen molar-refractivity contribution in [2.24, 2.45) is 5.92 Å². The van der Waals surface area contributed by atoms with Crippen molar-refractivity contribution < 1.29 is 9.90 Å². The largest absolute Gasteiger partial charge is 0.396 e. The van der Waals surface area contributed by atoms with E-state index in [9.17, 15) is 9.90 Å². The van der Waals surface area contributed by atoms with Gasteiger partial charge in [-0.05, 0) is 49.1 Å². The van der Waals surface area contributed by atoms with E-state index in [0.29, 0.717) is 19.0 Å². The van der Waals surface area contributed by atoms with E-state index in [4.69, 9.17) is 0 Å². The van der Waals surface area contributed by atoms with Gasteiger partial charge < -0.3 is 15.3 Å². The van der Waals surface area contributed by atoms with Crippen LogP contribution in [0, 0.1) is 17.8 Å². The predicted octanol–water partition coefficient (Wildman–Crippen LogP) is 3.32. The minimum atomic E-state index is -0.0930. The summed E-state index contributed by atoms with van der Waals surface area (Å²) in [6.07, 6.45) is 1.71. The van der Waals surface area contributed by atoms with Crippen LogP contribution in [0.25, 0.3) is 0 Å². The molecule has 0 atom stereocenters. The van der Waals surface area contributed by atoms with Crippen LogP contribution in [-0.4, -0.2) is 35.7 Å². The molecule has 2 aromatic carbocycles. The zero-order chi connectivity index (χ0) is 17.5. The zero-order valence-corrected chi connectivity index (χ0v) is 14.1. The number of rotatable bonds is 2. The van der Waals surface area contributed by atoms with Crippen LogP contribution in [0.5, 0.6) is 0 Å². The topological polar surface area (TPSA) is 52.6 Å². The van der Waals surface area contributed by atoms with Gasteiger partial charge in [-0.15, -0.1) is 0 Å². The zero-order valence-electron chi connectivity index (χ0n) is 14.1. The molecule has 0 unspecified atom stereocenters. The van der Waals surface area contributed by atoms with Crippen molar-refractivity contribution in [3.8, 4) is 11.8 Å². The molecule has 3 rings (SSSR count). The molecule has 1 aliphatic rings. The molecule has 4 nitrogen and oxygen atoms in total. The third-order valence-corrected chi connectivity index (χ3v) is 4.40. The first-order chi connectivity index (χ1) is 12.2. The summed E-state index contributed by atoms with van der Waals surface area (Å²) in [5.41, 5.74) is 2.57. The molecule has 2 aromatic rings. The standard InChI is InChI=1S/C21H22N2O2/c24-16-19-11-13-23(14-12-19)21(25)22-20-8-4-7-18(15-20)10-9-17-5-2-1-3-6-17/h1-8,15,19,24H,11-14,16H2,(H,22,25). The third kappa shape index (κ3) is 4.85. The first-order valence-corrected chi connectivity index (χ1v) is 8.58. The van der Waals surface area contributed by atoms with Gasteiger partial charge in [-0.2, -0.15) is 0 Å². The summed E-state index contributed by atoms with van der Waals surface area (Å²) in [7, 11) is 0. The Morgan fingerprint density at radius 1 is 1.04 bits per heavy atom. The number of hydrogen-bond acceptors (Lipinski definition) is 2. The second kappa shape index (κ2) is 8.36. The number of aliphatic hydroxyl groups excluding tert-OH is 1. The summed E-state index contributed by atoms with van der Waals surface area (Å²) >= 11 is 0. The van der Waals surface area contributed by atoms with Gasteiger partial charge in [0.05, 0.1) is 0 Å². The molecular weight excluding hydrogens is 312 g/mol. The van der Waals surface area contributed by atoms with Crippen molar-refractivity contribution in [3.05, 3.63) is 65.7 Å². The van der Waals surface area contributed by atoms with Crippen LogP contribution in [-0.2, 0) is 0 Å². The average Bonchev–Trinajstić information content (AvgIpc) is 2.67. The number of anilines is 1. The van der Waals surface area contributed by atoms with Crippen molar-refractivity contribution in [1.82, 2.24) is 4.90 Å². The van der Waals surface area contributed by atoms with Gasteiger partial charge in [0.1, 0.15) is 0 Å². The molecule has 1 aliphatic heterocycles. The lowest BCUT2D eigenvalue weighted by atomic mass is 9.98. The molecular formula is C21H22N2O2. The number of likely N-dealkylation sites (tertiary alicyclic amines) is 1. The van der Waals surface area contributed by atoms with Crippen LogP contribution >= 0.6 is 0 Å². The van der Waals surface area contributed by atoms with Gasteiger partial charge in [-0.3, -0.25) is 0 Å². The monoisotopic (exact) mass is 334 g/mol. The maximum absolute atomic E-state index is 12.4. The van der Waals surface area contributed by atoms with Crippen molar-refractivity contribution in [2.45, 2.75) is 12.8 Å². The van der Waals surface area contributed by atoms with Crippen LogP contribution in [0.2, 0.25) is 0 Å². The molecule has 2 N–H and O–H groups in total. The number of urea groups is 1. The minimum Gasteiger partial charge on any atom is -0.396 e. The maximum Gasteiger partial charge on any atom is 0.321 e. The van der Waals surface area contributed by atoms with Gasteiger partial charge in [0.2, 0.25) is 0 Å². The van der Waals surface area contributed by atoms with Gasteiger partial charge in [0, 0.05) is 36.5 Å². The fraction of sp³-hybridized carbons (Fsp3) is 0.286. The van der Waals surface area contributed by atoms with Crippen molar-refractivity contribution in [2.75, 3.05) is 25.0 Å². The summed E-state index contributed by atoms with van der Waals surface area (Å²) in [6.45, 7) is 1.58. The summed E-state index contributed by atoms with van der Waals surface area (Å²) in [5, 5.41) is 12.1. The lowest BCUT2D eigenvalue weighted by Gasteiger charge is -2.31. The molecule has 0 aliphatic carbocycles. The van der Waals surface area contributed by atoms with E-state index in [1.54, 1.807) is 4.90 Å². The van der Waals surface area contributed by atoms with Gasteiger partial charge in [-0.25, -0.2) is 4.79 Å². The first kappa shape index (κ1) is 17.1. The van der Waals surface area contributed by atoms with Crippen molar-refractivity contribution >= 4 is 11.7 Å². The van der Waals surface area contributed by atoms with E-state index in [2.05, 4.69) is 17.2 Å². The molecule has 2 amide bonds. The number of carbonyl (C=O) groups is 1. The molecule has 1 heterocycles. The van der Waals surface area contributed by atoms with E-state index in [1.807, 2.05) is 54.6 Å². The Balaban J connectivity index is 1.62. The van der Waals surface area contributed by atoms with Gasteiger partial charge >= 0.3 is 6.03 Å². The van der Waals surface area contributed by atoms with Crippen LogP contribution in [0.3, 0.4) is 0 Å². The Labute approximate surface area is 148 Å². The fourth-order valence-electron chi connectivity index (χ4n) is 2.86. The fourth-order valence-corrected chi connectivity index (χ4v) is 2.86. The Morgan fingerprint density at radius 2 is 1.72 bits per heavy atom. The highest BCUT2D eigenvalue weighted by Crippen LogP contribution is 2.18. The van der Waals surface area contributed by atoms with E-state index < -0.39 is 0 Å². The molecule has 4 heteroatoms. The van der Waals surface area contributed by atoms with Crippen LogP contribution in [0.15, 0.2) is 54.6 Å². The molecule has 25 heavy (non-hydrogen) atoms. The van der Waals surface area contributed by atoms with E-state index >= 15 is 0 Å². The van der Waals surface area contributed by atoms with E-state index in [1.165, 1.54) is 0 Å². The second-order valence-electron chi connectivity index (χ2n) is 6.24. The van der Waals surface area contributed by atoms with Crippen LogP contribution in [0.4, 0.5) is 10.5 Å². The number of nitrogens with zero attached hydrogens (tertiary/aromatic N) is 1. The van der Waals surface area contributed by atoms with E-state index in [-0.39, 0.29) is 12.6 Å². The quantitative estimate of drug-likeness (QED) is 0.828. The lowest BCUT2D eigenvalue weighted by molar-refractivity contribution is 0.143. The molecule has 0 spiro atoms. The first-order valence-electron chi connectivity index (χ1n) is 8.58. The maximum atomic E-state index is 12.4. The summed E-state index contributed by atoms with van der Waals surface area (Å²) in [6, 6.07) is 17.3. The molecule has 0 saturated carbocycles. The predicted molar refractivity (Wildman–Crippen MR) is 99.3 cm³/mol. The molecule has 1 fully saturated rings. The number of aliphatic hydroxyl groups is 1. The van der Waals surface area contributed by atoms with Gasteiger partial charge in [-0.1, -0.05) is 36.1 Å². The Hall–Kier alpha value is -2.77. The highest BCUT2D eigenvalue weighted by molar-refractivity contribution is 5.89. The van der Waals surface area contributed by atoms with Crippen LogP contribution < -0.4 is 5.32 Å². The van der Waals surface area contributed by atoms with Crippen molar-refractivity contribution in [3.63, 3.8) is 0 Å². The normalized spacial score (nSPS) is 14.5. The molecule has 128 valence electrons. The summed E-state index contributed by atoms with van der Waals surface area (Å²) in [5.74, 6) is 6.56. The number of amides is 2. The van der Waals surface area contributed by atoms with E-state index in [0.717, 1.165) is 29.7 Å². The number of carbonyl (C=O) groups excluding carboxylic acids is 1. The Kier molecular flexibility index (Phi) is 5.71. The average molecular weight is 334 g/mol. The number of benzene rings is 2. The van der Waals surface area contributed by atoms with Crippen LogP contribution in [0.1, 0.15) is 24.0 Å². The summed E-state index contributed by atoms with van der Waals surface area (Å²) in [4.78, 5) is 14.2.